The summed E-state index contributed by atoms with van der Waals surface area (Å²) in [6.45, 7) is 2.45. The predicted octanol–water partition coefficient (Wildman–Crippen LogP) is 6.20. The van der Waals surface area contributed by atoms with Crippen molar-refractivity contribution >= 4 is 40.7 Å². The van der Waals surface area contributed by atoms with Gasteiger partial charge < -0.3 is 0 Å². The Hall–Kier alpha value is -1.61. The van der Waals surface area contributed by atoms with Crippen molar-refractivity contribution in [3.05, 3.63) is 51.4 Å². The Morgan fingerprint density at radius 1 is 1.17 bits per heavy atom. The lowest BCUT2D eigenvalue weighted by molar-refractivity contribution is -0.177. The van der Waals surface area contributed by atoms with Crippen molar-refractivity contribution in [1.82, 2.24) is 10.0 Å². The van der Waals surface area contributed by atoms with Crippen molar-refractivity contribution < 1.29 is 27.6 Å². The normalized spacial score (nSPS) is 12.2. The molecule has 11 heteroatoms. The minimum atomic E-state index is -4.64. The molecule has 0 saturated carbocycles. The Kier molecular flexibility index (Phi) is 7.05. The molecule has 158 valence electrons. The highest BCUT2D eigenvalue weighted by Gasteiger charge is 2.33. The van der Waals surface area contributed by atoms with E-state index in [1.54, 1.807) is 0 Å². The molecule has 1 N–H and O–H groups in total. The second-order valence-electron chi connectivity index (χ2n) is 6.86. The molecule has 2 rings (SSSR count). The van der Waals surface area contributed by atoms with Gasteiger partial charge in [-0.3, -0.25) is 15.0 Å². The molecule has 0 radical (unpaired) electrons. The number of halogens is 7. The molecule has 0 unspecified atom stereocenters. The van der Waals surface area contributed by atoms with Crippen LogP contribution in [-0.2, 0) is 17.5 Å². The van der Waals surface area contributed by atoms with Gasteiger partial charge >= 0.3 is 6.18 Å². The summed E-state index contributed by atoms with van der Waals surface area (Å²) in [6.07, 6.45) is -4.06. The first kappa shape index (κ1) is 23.7. The fourth-order valence-electron chi connectivity index (χ4n) is 2.33. The quantitative estimate of drug-likeness (QED) is 0.244. The van der Waals surface area contributed by atoms with Gasteiger partial charge in [0.2, 0.25) is 0 Å². The molecule has 29 heavy (non-hydrogen) atoms. The SMILES string of the molecule is CC(C)(CCl)C(=O)N(O)Cc1cc(-c2ncc(C(F)(F)F)cc2Cl)c(Cl)cc1F. The average Bonchev–Trinajstić information content (AvgIpc) is 2.62. The summed E-state index contributed by atoms with van der Waals surface area (Å²) in [5, 5.41) is 9.84. The molecule has 0 bridgehead atoms. The highest BCUT2D eigenvalue weighted by Crippen LogP contribution is 2.37. The number of hydroxylamine groups is 2. The monoisotopic (exact) mass is 472 g/mol. The van der Waals surface area contributed by atoms with Gasteiger partial charge in [-0.25, -0.2) is 9.45 Å². The van der Waals surface area contributed by atoms with Gasteiger partial charge in [0.15, 0.2) is 0 Å². The van der Waals surface area contributed by atoms with Gasteiger partial charge in [0.25, 0.3) is 5.91 Å². The van der Waals surface area contributed by atoms with E-state index < -0.39 is 35.4 Å². The molecule has 4 nitrogen and oxygen atoms in total. The lowest BCUT2D eigenvalue weighted by atomic mass is 9.95. The van der Waals surface area contributed by atoms with E-state index in [9.17, 15) is 27.6 Å². The van der Waals surface area contributed by atoms with E-state index in [2.05, 4.69) is 4.98 Å². The smallest absolute Gasteiger partial charge is 0.286 e. The van der Waals surface area contributed by atoms with Crippen LogP contribution in [-0.4, -0.2) is 27.0 Å². The molecular formula is C18H15Cl3F4N2O2. The predicted molar refractivity (Wildman–Crippen MR) is 101 cm³/mol. The van der Waals surface area contributed by atoms with Crippen LogP contribution < -0.4 is 0 Å². The van der Waals surface area contributed by atoms with Crippen molar-refractivity contribution in [1.29, 1.82) is 0 Å². The number of hydrogen-bond donors (Lipinski definition) is 1. The number of aromatic nitrogens is 1. The Labute approximate surface area is 179 Å². The molecule has 0 aliphatic heterocycles. The van der Waals surface area contributed by atoms with Crippen LogP contribution in [0.3, 0.4) is 0 Å². The summed E-state index contributed by atoms with van der Waals surface area (Å²) in [5.74, 6) is -1.66. The Morgan fingerprint density at radius 3 is 2.31 bits per heavy atom. The van der Waals surface area contributed by atoms with Crippen LogP contribution in [0, 0.1) is 11.2 Å². The van der Waals surface area contributed by atoms with Crippen LogP contribution >= 0.6 is 34.8 Å². The first-order valence-corrected chi connectivity index (χ1v) is 9.35. The number of hydrogen-bond acceptors (Lipinski definition) is 3. The number of benzene rings is 1. The zero-order valence-electron chi connectivity index (χ0n) is 15.1. The lowest BCUT2D eigenvalue weighted by Crippen LogP contribution is -2.39. The third-order valence-corrected chi connectivity index (χ3v) is 5.30. The first-order chi connectivity index (χ1) is 13.3. The van der Waals surface area contributed by atoms with Crippen molar-refractivity contribution in [2.45, 2.75) is 26.6 Å². The summed E-state index contributed by atoms with van der Waals surface area (Å²) < 4.78 is 52.7. The van der Waals surface area contributed by atoms with Gasteiger partial charge in [0, 0.05) is 23.2 Å². The summed E-state index contributed by atoms with van der Waals surface area (Å²) >= 11 is 17.6. The van der Waals surface area contributed by atoms with Gasteiger partial charge in [-0.15, -0.1) is 11.6 Å². The molecule has 2 aromatic rings. The molecule has 0 aliphatic rings. The zero-order chi connectivity index (χ0) is 22.1. The second-order valence-corrected chi connectivity index (χ2v) is 7.94. The summed E-state index contributed by atoms with van der Waals surface area (Å²) in [6, 6.07) is 2.73. The highest BCUT2D eigenvalue weighted by molar-refractivity contribution is 6.36. The third kappa shape index (κ3) is 5.31. The maximum absolute atomic E-state index is 14.3. The van der Waals surface area contributed by atoms with Gasteiger partial charge in [-0.05, 0) is 32.0 Å². The molecule has 0 spiro atoms. The molecular weight excluding hydrogens is 459 g/mol. The number of carbonyl (C=O) groups excluding carboxylic acids is 1. The van der Waals surface area contributed by atoms with Crippen LogP contribution in [0.1, 0.15) is 25.0 Å². The van der Waals surface area contributed by atoms with Crippen LogP contribution in [0.25, 0.3) is 11.3 Å². The molecule has 0 saturated heterocycles. The van der Waals surface area contributed by atoms with E-state index in [1.165, 1.54) is 13.8 Å². The summed E-state index contributed by atoms with van der Waals surface area (Å²) in [4.78, 5) is 15.9. The minimum absolute atomic E-state index is 0.0410. The van der Waals surface area contributed by atoms with Crippen molar-refractivity contribution in [3.8, 4) is 11.3 Å². The maximum Gasteiger partial charge on any atom is 0.417 e. The number of alkyl halides is 4. The van der Waals surface area contributed by atoms with Gasteiger partial charge in [-0.2, -0.15) is 13.2 Å². The topological polar surface area (TPSA) is 53.4 Å². The number of carbonyl (C=O) groups is 1. The van der Waals surface area contributed by atoms with E-state index in [4.69, 9.17) is 34.8 Å². The Bertz CT molecular complexity index is 936. The molecule has 0 fully saturated rings. The largest absolute Gasteiger partial charge is 0.417 e. The molecule has 1 amide bonds. The van der Waals surface area contributed by atoms with Crippen molar-refractivity contribution in [2.24, 2.45) is 5.41 Å². The van der Waals surface area contributed by atoms with Crippen LogP contribution in [0.15, 0.2) is 24.4 Å². The van der Waals surface area contributed by atoms with Crippen molar-refractivity contribution in [3.63, 3.8) is 0 Å². The molecule has 1 aromatic heterocycles. The number of rotatable bonds is 5. The summed E-state index contributed by atoms with van der Waals surface area (Å²) in [5.41, 5.74) is -2.37. The molecule has 1 heterocycles. The molecule has 0 atom stereocenters. The second kappa shape index (κ2) is 8.63. The van der Waals surface area contributed by atoms with Gasteiger partial charge in [0.1, 0.15) is 5.82 Å². The Balaban J connectivity index is 2.44. The summed E-state index contributed by atoms with van der Waals surface area (Å²) in [7, 11) is 0. The van der Waals surface area contributed by atoms with E-state index >= 15 is 0 Å². The third-order valence-electron chi connectivity index (χ3n) is 4.03. The van der Waals surface area contributed by atoms with E-state index in [-0.39, 0.29) is 32.7 Å². The molecule has 1 aromatic carbocycles. The van der Waals surface area contributed by atoms with E-state index in [0.29, 0.717) is 17.3 Å². The van der Waals surface area contributed by atoms with E-state index in [0.717, 1.165) is 12.1 Å². The minimum Gasteiger partial charge on any atom is -0.286 e. The number of amides is 1. The maximum atomic E-state index is 14.3. The van der Waals surface area contributed by atoms with E-state index in [1.807, 2.05) is 0 Å². The first-order valence-electron chi connectivity index (χ1n) is 8.05. The van der Waals surface area contributed by atoms with Crippen LogP contribution in [0.2, 0.25) is 10.0 Å². The van der Waals surface area contributed by atoms with Crippen molar-refractivity contribution in [2.75, 3.05) is 5.88 Å². The van der Waals surface area contributed by atoms with Gasteiger partial charge in [-0.1, -0.05) is 23.2 Å². The zero-order valence-corrected chi connectivity index (χ0v) is 17.4. The van der Waals surface area contributed by atoms with Crippen LogP contribution in [0.4, 0.5) is 17.6 Å². The van der Waals surface area contributed by atoms with Crippen LogP contribution in [0.5, 0.6) is 0 Å². The number of nitrogens with zero attached hydrogens (tertiary/aromatic N) is 2. The standard InChI is InChI=1S/C18H15Cl3F4N2O2/c1-17(2,8-19)16(28)27(29)7-9-3-11(12(20)5-14(9)22)15-13(21)4-10(6-26-15)18(23,24)25/h3-6,29H,7-8H2,1-2H3. The number of pyridine rings is 1. The Morgan fingerprint density at radius 2 is 1.79 bits per heavy atom. The fourth-order valence-corrected chi connectivity index (χ4v) is 2.95. The lowest BCUT2D eigenvalue weighted by Gasteiger charge is -2.26. The molecule has 0 aliphatic carbocycles. The highest BCUT2D eigenvalue weighted by atomic mass is 35.5. The fraction of sp³-hybridized carbons (Fsp3) is 0.333. The average molecular weight is 474 g/mol. The van der Waals surface area contributed by atoms with Gasteiger partial charge in [0.05, 0.1) is 33.3 Å².